The second kappa shape index (κ2) is 9.01. The molecule has 0 aliphatic rings. The Morgan fingerprint density at radius 2 is 1.97 bits per heavy atom. The molecule has 0 unspecified atom stereocenters. The lowest BCUT2D eigenvalue weighted by atomic mass is 10.1. The monoisotopic (exact) mass is 466 g/mol. The molecule has 1 amide bonds. The molecule has 2 heterocycles. The van der Waals surface area contributed by atoms with Crippen molar-refractivity contribution in [3.05, 3.63) is 59.4 Å². The van der Waals surface area contributed by atoms with Crippen LogP contribution in [0.5, 0.6) is 5.75 Å². The highest BCUT2D eigenvalue weighted by Gasteiger charge is 2.13. The van der Waals surface area contributed by atoms with Gasteiger partial charge in [-0.15, -0.1) is 10.2 Å². The molecule has 0 saturated carbocycles. The lowest BCUT2D eigenvalue weighted by molar-refractivity contribution is 0.0977. The van der Waals surface area contributed by atoms with Crippen LogP contribution in [0.3, 0.4) is 0 Å². The molecule has 2 aromatic carbocycles. The zero-order valence-electron chi connectivity index (χ0n) is 18.0. The predicted octanol–water partition coefficient (Wildman–Crippen LogP) is 4.38. The summed E-state index contributed by atoms with van der Waals surface area (Å²) in [5.74, 6) is 1.08. The highest BCUT2D eigenvalue weighted by molar-refractivity contribution is 7.80. The van der Waals surface area contributed by atoms with Gasteiger partial charge in [0.05, 0.1) is 6.10 Å². The fourth-order valence-electron chi connectivity index (χ4n) is 3.08. The van der Waals surface area contributed by atoms with Crippen molar-refractivity contribution in [2.24, 2.45) is 0 Å². The van der Waals surface area contributed by atoms with Gasteiger partial charge in [-0.2, -0.15) is 9.61 Å². The van der Waals surface area contributed by atoms with Crippen molar-refractivity contribution in [3.63, 3.8) is 0 Å². The van der Waals surface area contributed by atoms with E-state index in [0.29, 0.717) is 11.3 Å². The van der Waals surface area contributed by atoms with E-state index in [-0.39, 0.29) is 17.1 Å². The van der Waals surface area contributed by atoms with Gasteiger partial charge in [-0.05, 0) is 81.9 Å². The van der Waals surface area contributed by atoms with Gasteiger partial charge in [0.25, 0.3) is 5.91 Å². The Bertz CT molecular complexity index is 1310. The molecule has 2 N–H and O–H groups in total. The van der Waals surface area contributed by atoms with Crippen LogP contribution in [0.15, 0.2) is 42.5 Å². The minimum atomic E-state index is -0.305. The molecule has 0 aliphatic carbocycles. The first kappa shape index (κ1) is 21.8. The highest BCUT2D eigenvalue weighted by atomic mass is 32.1. The van der Waals surface area contributed by atoms with Crippen LogP contribution < -0.4 is 15.4 Å². The predicted molar refractivity (Wildman–Crippen MR) is 129 cm³/mol. The number of carbonyl (C=O) groups excluding carboxylic acids is 1. The summed E-state index contributed by atoms with van der Waals surface area (Å²) in [4.78, 5) is 13.3. The number of benzene rings is 2. The van der Waals surface area contributed by atoms with E-state index >= 15 is 0 Å². The number of fused-ring (bicyclic) bond motifs is 1. The minimum absolute atomic E-state index is 0.0255. The van der Waals surface area contributed by atoms with E-state index in [1.807, 2.05) is 52.0 Å². The third kappa shape index (κ3) is 4.76. The number of amides is 1. The molecular weight excluding hydrogens is 444 g/mol. The van der Waals surface area contributed by atoms with Gasteiger partial charge in [0, 0.05) is 16.8 Å². The van der Waals surface area contributed by atoms with Crippen LogP contribution in [0.2, 0.25) is 0 Å². The maximum Gasteiger partial charge on any atom is 0.257 e. The van der Waals surface area contributed by atoms with Gasteiger partial charge in [-0.25, -0.2) is 0 Å². The Morgan fingerprint density at radius 3 is 2.69 bits per heavy atom. The number of thiocarbonyl (C=S) groups is 1. The van der Waals surface area contributed by atoms with Crippen molar-refractivity contribution < 1.29 is 9.53 Å². The van der Waals surface area contributed by atoms with Gasteiger partial charge in [0.2, 0.25) is 4.96 Å². The molecule has 0 bridgehead atoms. The SMILES string of the molecule is Cc1cc(-c2nn3c(C)nnc3s2)ccc1NC(=S)NC(=O)c1cccc(OC(C)C)c1. The van der Waals surface area contributed by atoms with E-state index in [1.165, 1.54) is 11.3 Å². The fourth-order valence-corrected chi connectivity index (χ4v) is 4.16. The first-order chi connectivity index (χ1) is 15.3. The summed E-state index contributed by atoms with van der Waals surface area (Å²) in [6.45, 7) is 7.70. The normalized spacial score (nSPS) is 11.0. The van der Waals surface area contributed by atoms with Crippen molar-refractivity contribution >= 4 is 45.2 Å². The van der Waals surface area contributed by atoms with Gasteiger partial charge >= 0.3 is 0 Å². The van der Waals surface area contributed by atoms with E-state index in [1.54, 1.807) is 22.7 Å². The number of rotatable bonds is 5. The first-order valence-corrected chi connectivity index (χ1v) is 11.2. The number of hydrogen-bond acceptors (Lipinski definition) is 7. The van der Waals surface area contributed by atoms with Crippen LogP contribution in [0.1, 0.15) is 35.6 Å². The van der Waals surface area contributed by atoms with Crippen molar-refractivity contribution in [1.29, 1.82) is 0 Å². The average molecular weight is 467 g/mol. The van der Waals surface area contributed by atoms with Crippen LogP contribution in [0.4, 0.5) is 5.69 Å². The summed E-state index contributed by atoms with van der Waals surface area (Å²) < 4.78 is 7.38. The van der Waals surface area contributed by atoms with Gasteiger partial charge in [0.15, 0.2) is 10.9 Å². The summed E-state index contributed by atoms with van der Waals surface area (Å²) in [5, 5.41) is 19.6. The summed E-state index contributed by atoms with van der Waals surface area (Å²) >= 11 is 6.82. The summed E-state index contributed by atoms with van der Waals surface area (Å²) in [6.07, 6.45) is 0.0255. The Morgan fingerprint density at radius 1 is 1.16 bits per heavy atom. The Labute approximate surface area is 194 Å². The number of anilines is 1. The molecule has 8 nitrogen and oxygen atoms in total. The summed E-state index contributed by atoms with van der Waals surface area (Å²) in [6, 6.07) is 12.9. The third-order valence-electron chi connectivity index (χ3n) is 4.56. The van der Waals surface area contributed by atoms with Gasteiger partial charge in [0.1, 0.15) is 10.8 Å². The van der Waals surface area contributed by atoms with Gasteiger partial charge < -0.3 is 10.1 Å². The number of hydrogen-bond donors (Lipinski definition) is 2. The summed E-state index contributed by atoms with van der Waals surface area (Å²) in [5.41, 5.74) is 3.21. The number of nitrogens with zero attached hydrogens (tertiary/aromatic N) is 4. The van der Waals surface area contributed by atoms with Gasteiger partial charge in [-0.1, -0.05) is 17.4 Å². The Kier molecular flexibility index (Phi) is 6.15. The van der Waals surface area contributed by atoms with Gasteiger partial charge in [-0.3, -0.25) is 10.1 Å². The van der Waals surface area contributed by atoms with Crippen molar-refractivity contribution in [2.75, 3.05) is 5.32 Å². The molecule has 0 radical (unpaired) electrons. The van der Waals surface area contributed by atoms with Crippen LogP contribution in [-0.2, 0) is 0 Å². The Balaban J connectivity index is 1.43. The Hall–Kier alpha value is -3.37. The average Bonchev–Trinajstić information content (AvgIpc) is 3.31. The zero-order chi connectivity index (χ0) is 22.8. The number of aromatic nitrogens is 4. The number of ether oxygens (including phenoxy) is 1. The molecule has 0 atom stereocenters. The molecule has 0 fully saturated rings. The molecule has 164 valence electrons. The smallest absolute Gasteiger partial charge is 0.257 e. The maximum atomic E-state index is 12.6. The van der Waals surface area contributed by atoms with E-state index in [4.69, 9.17) is 17.0 Å². The van der Waals surface area contributed by atoms with E-state index in [2.05, 4.69) is 25.9 Å². The second-order valence-electron chi connectivity index (χ2n) is 7.48. The molecule has 4 aromatic rings. The van der Waals surface area contributed by atoms with E-state index < -0.39 is 0 Å². The van der Waals surface area contributed by atoms with Crippen LogP contribution in [-0.4, -0.2) is 36.9 Å². The highest BCUT2D eigenvalue weighted by Crippen LogP contribution is 2.28. The number of aryl methyl sites for hydroxylation is 2. The third-order valence-corrected chi connectivity index (χ3v) is 5.72. The van der Waals surface area contributed by atoms with Crippen LogP contribution in [0.25, 0.3) is 15.5 Å². The van der Waals surface area contributed by atoms with E-state index in [9.17, 15) is 4.79 Å². The standard InChI is InChI=1S/C22H22N6O2S2/c1-12(2)30-17-7-5-6-15(11-17)19(29)24-21(31)23-18-9-8-16(10-13(18)3)20-27-28-14(4)25-26-22(28)32-20/h5-12H,1-4H3,(H2,23,24,29,31). The molecule has 0 saturated heterocycles. The van der Waals surface area contributed by atoms with Crippen molar-refractivity contribution in [2.45, 2.75) is 33.8 Å². The van der Waals surface area contributed by atoms with Crippen molar-refractivity contribution in [1.82, 2.24) is 25.1 Å². The number of nitrogens with one attached hydrogen (secondary N) is 2. The minimum Gasteiger partial charge on any atom is -0.491 e. The first-order valence-electron chi connectivity index (χ1n) is 9.99. The van der Waals surface area contributed by atoms with E-state index in [0.717, 1.165) is 32.6 Å². The molecule has 4 rings (SSSR count). The molecule has 0 aliphatic heterocycles. The summed E-state index contributed by atoms with van der Waals surface area (Å²) in [7, 11) is 0. The number of carbonyl (C=O) groups is 1. The fraction of sp³-hybridized carbons (Fsp3) is 0.227. The molecule has 2 aromatic heterocycles. The van der Waals surface area contributed by atoms with Crippen molar-refractivity contribution in [3.8, 4) is 16.3 Å². The maximum absolute atomic E-state index is 12.6. The lowest BCUT2D eigenvalue weighted by Crippen LogP contribution is -2.34. The zero-order valence-corrected chi connectivity index (χ0v) is 19.7. The molecule has 10 heteroatoms. The molecule has 32 heavy (non-hydrogen) atoms. The van der Waals surface area contributed by atoms with Crippen LogP contribution >= 0.6 is 23.6 Å². The van der Waals surface area contributed by atoms with Crippen LogP contribution in [0, 0.1) is 13.8 Å². The molecule has 0 spiro atoms. The quantitative estimate of drug-likeness (QED) is 0.422. The largest absolute Gasteiger partial charge is 0.491 e. The lowest BCUT2D eigenvalue weighted by Gasteiger charge is -2.13. The topological polar surface area (TPSA) is 93.4 Å². The second-order valence-corrected chi connectivity index (χ2v) is 8.85. The molecular formula is C22H22N6O2S2.